The number of rotatable bonds is 8. The molecule has 2 N–H and O–H groups in total. The Kier molecular flexibility index (Phi) is 10.8. The summed E-state index contributed by atoms with van der Waals surface area (Å²) in [4.78, 5) is 30.4. The Labute approximate surface area is 234 Å². The number of hydrogen-bond donors (Lipinski definition) is 2. The SMILES string of the molecule is CCN(CCCS(C)(=O)=O)c1cc(C)nc2c1NC(=O)CN2c1ccc(C(C)C)cc1Br.O=C(O)C(F)(F)F. The maximum Gasteiger partial charge on any atom is 0.490 e. The van der Waals surface area contributed by atoms with Crippen molar-refractivity contribution >= 4 is 60.5 Å². The Bertz CT molecular complexity index is 1320. The molecule has 1 aromatic heterocycles. The van der Waals surface area contributed by atoms with E-state index in [9.17, 15) is 26.4 Å². The Balaban J connectivity index is 0.000000673. The van der Waals surface area contributed by atoms with E-state index in [1.807, 2.05) is 30.9 Å². The lowest BCUT2D eigenvalue weighted by atomic mass is 10.0. The first kappa shape index (κ1) is 32.3. The van der Waals surface area contributed by atoms with Gasteiger partial charge in [-0.15, -0.1) is 0 Å². The van der Waals surface area contributed by atoms with Gasteiger partial charge in [0.25, 0.3) is 0 Å². The lowest BCUT2D eigenvalue weighted by molar-refractivity contribution is -0.192. The van der Waals surface area contributed by atoms with Crippen molar-refractivity contribution < 1.29 is 36.3 Å². The van der Waals surface area contributed by atoms with Crippen molar-refractivity contribution in [1.29, 1.82) is 0 Å². The summed E-state index contributed by atoms with van der Waals surface area (Å²) in [5, 5.41) is 10.1. The number of aliphatic carboxylic acids is 1. The van der Waals surface area contributed by atoms with E-state index in [-0.39, 0.29) is 18.2 Å². The molecule has 39 heavy (non-hydrogen) atoms. The van der Waals surface area contributed by atoms with Gasteiger partial charge in [-0.25, -0.2) is 18.2 Å². The van der Waals surface area contributed by atoms with E-state index < -0.39 is 22.0 Å². The number of aryl methyl sites for hydroxylation is 1. The minimum Gasteiger partial charge on any atom is -0.475 e. The van der Waals surface area contributed by atoms with Crippen LogP contribution in [0.2, 0.25) is 0 Å². The minimum absolute atomic E-state index is 0.114. The maximum absolute atomic E-state index is 12.7. The number of halogens is 4. The van der Waals surface area contributed by atoms with Crippen LogP contribution in [0.4, 0.5) is 36.1 Å². The number of amides is 1. The fourth-order valence-electron chi connectivity index (χ4n) is 3.87. The van der Waals surface area contributed by atoms with Crippen LogP contribution in [0.3, 0.4) is 0 Å². The monoisotopic (exact) mass is 636 g/mol. The largest absolute Gasteiger partial charge is 0.490 e. The molecule has 0 unspecified atom stereocenters. The van der Waals surface area contributed by atoms with Crippen LogP contribution in [0, 0.1) is 6.92 Å². The van der Waals surface area contributed by atoms with Crippen LogP contribution < -0.4 is 15.1 Å². The number of nitrogens with one attached hydrogen (secondary N) is 1. The van der Waals surface area contributed by atoms with E-state index in [0.717, 1.165) is 21.5 Å². The summed E-state index contributed by atoms with van der Waals surface area (Å²) >= 11 is 3.69. The number of anilines is 4. The van der Waals surface area contributed by atoms with Gasteiger partial charge in [0.15, 0.2) is 5.82 Å². The second-order valence-corrected chi connectivity index (χ2v) is 12.5. The lowest BCUT2D eigenvalue weighted by Gasteiger charge is -2.35. The molecular weight excluding hydrogens is 605 g/mol. The number of hydrogen-bond acceptors (Lipinski definition) is 7. The molecule has 1 aliphatic heterocycles. The molecule has 2 aromatic rings. The highest BCUT2D eigenvalue weighted by Gasteiger charge is 2.38. The molecule has 0 saturated carbocycles. The van der Waals surface area contributed by atoms with Crippen LogP contribution in [0.1, 0.15) is 44.4 Å². The van der Waals surface area contributed by atoms with E-state index in [0.29, 0.717) is 36.9 Å². The summed E-state index contributed by atoms with van der Waals surface area (Å²) < 4.78 is 55.8. The quantitative estimate of drug-likeness (QED) is 0.403. The number of carbonyl (C=O) groups is 2. The van der Waals surface area contributed by atoms with Crippen LogP contribution in [0.25, 0.3) is 0 Å². The highest BCUT2D eigenvalue weighted by atomic mass is 79.9. The zero-order valence-electron chi connectivity index (χ0n) is 22.3. The lowest BCUT2D eigenvalue weighted by Crippen LogP contribution is -2.37. The van der Waals surface area contributed by atoms with Crippen LogP contribution in [0.15, 0.2) is 28.7 Å². The fourth-order valence-corrected chi connectivity index (χ4v) is 5.13. The topological polar surface area (TPSA) is 120 Å². The van der Waals surface area contributed by atoms with Crippen LogP contribution >= 0.6 is 15.9 Å². The molecule has 3 rings (SSSR count). The standard InChI is InChI=1S/C23H31BrN4O3S.C2HF3O2/c1-6-27(10-7-11-32(5,30)31)20-12-16(4)25-23-22(20)26-21(29)14-28(23)19-9-8-17(15(2)3)13-18(19)24;3-2(4,5)1(6)7/h8-9,12-13,15H,6-7,10-11,14H2,1-5H3,(H,26,29);(H,6,7). The second-order valence-electron chi connectivity index (χ2n) is 9.35. The molecule has 0 spiro atoms. The van der Waals surface area contributed by atoms with Gasteiger partial charge in [-0.05, 0) is 65.9 Å². The first-order valence-electron chi connectivity index (χ1n) is 12.1. The molecule has 14 heteroatoms. The first-order valence-corrected chi connectivity index (χ1v) is 14.9. The maximum atomic E-state index is 12.7. The summed E-state index contributed by atoms with van der Waals surface area (Å²) in [6.07, 6.45) is -3.31. The minimum atomic E-state index is -5.08. The zero-order valence-corrected chi connectivity index (χ0v) is 24.7. The van der Waals surface area contributed by atoms with Crippen molar-refractivity contribution in [2.45, 2.75) is 46.2 Å². The third-order valence-corrected chi connectivity index (χ3v) is 7.43. The number of benzene rings is 1. The number of sulfone groups is 1. The first-order chi connectivity index (χ1) is 17.9. The van der Waals surface area contributed by atoms with Crippen molar-refractivity contribution in [2.24, 2.45) is 0 Å². The molecular formula is C25H32BrF3N4O5S. The van der Waals surface area contributed by atoms with E-state index in [2.05, 4.69) is 52.1 Å². The van der Waals surface area contributed by atoms with E-state index in [1.54, 1.807) is 0 Å². The number of carbonyl (C=O) groups excluding carboxylic acids is 1. The molecule has 1 amide bonds. The summed E-state index contributed by atoms with van der Waals surface area (Å²) in [5.41, 5.74) is 4.44. The predicted molar refractivity (Wildman–Crippen MR) is 149 cm³/mol. The van der Waals surface area contributed by atoms with Gasteiger partial charge in [-0.2, -0.15) is 13.2 Å². The van der Waals surface area contributed by atoms with Crippen molar-refractivity contribution in [1.82, 2.24) is 4.98 Å². The zero-order chi connectivity index (χ0) is 29.7. The summed E-state index contributed by atoms with van der Waals surface area (Å²) in [6.45, 7) is 9.66. The number of pyridine rings is 1. The molecule has 9 nitrogen and oxygen atoms in total. The number of nitrogens with zero attached hydrogens (tertiary/aromatic N) is 3. The van der Waals surface area contributed by atoms with E-state index in [4.69, 9.17) is 14.9 Å². The predicted octanol–water partition coefficient (Wildman–Crippen LogP) is 5.26. The average Bonchev–Trinajstić information content (AvgIpc) is 2.80. The van der Waals surface area contributed by atoms with Gasteiger partial charge in [-0.3, -0.25) is 4.79 Å². The van der Waals surface area contributed by atoms with Gasteiger partial charge in [0.2, 0.25) is 5.91 Å². The molecule has 0 atom stereocenters. The summed E-state index contributed by atoms with van der Waals surface area (Å²) in [7, 11) is -3.03. The van der Waals surface area contributed by atoms with Crippen LogP contribution in [0.5, 0.6) is 0 Å². The summed E-state index contributed by atoms with van der Waals surface area (Å²) in [5.74, 6) is -1.65. The van der Waals surface area contributed by atoms with E-state index >= 15 is 0 Å². The van der Waals surface area contributed by atoms with Crippen molar-refractivity contribution in [3.63, 3.8) is 0 Å². The Morgan fingerprint density at radius 2 is 1.90 bits per heavy atom. The Morgan fingerprint density at radius 3 is 2.38 bits per heavy atom. The molecule has 1 aromatic carbocycles. The molecule has 1 aliphatic rings. The van der Waals surface area contributed by atoms with Crippen molar-refractivity contribution in [3.05, 3.63) is 40.0 Å². The second kappa shape index (κ2) is 13.0. The molecule has 0 radical (unpaired) electrons. The molecule has 0 aliphatic carbocycles. The number of aromatic nitrogens is 1. The number of fused-ring (bicyclic) bond motifs is 1. The molecule has 216 valence electrons. The van der Waals surface area contributed by atoms with E-state index in [1.165, 1.54) is 11.8 Å². The van der Waals surface area contributed by atoms with Gasteiger partial charge in [0, 0.05) is 29.5 Å². The molecule has 0 saturated heterocycles. The normalized spacial score (nSPS) is 13.4. The molecule has 0 fully saturated rings. The van der Waals surface area contributed by atoms with Crippen LogP contribution in [-0.4, -0.2) is 68.2 Å². The van der Waals surface area contributed by atoms with Crippen molar-refractivity contribution in [2.75, 3.05) is 46.8 Å². The number of carboxylic acids is 1. The highest BCUT2D eigenvalue weighted by molar-refractivity contribution is 9.10. The van der Waals surface area contributed by atoms with Gasteiger partial charge in [0.05, 0.1) is 17.1 Å². The third-order valence-electron chi connectivity index (χ3n) is 5.77. The van der Waals surface area contributed by atoms with Gasteiger partial charge in [-0.1, -0.05) is 19.9 Å². The summed E-state index contributed by atoms with van der Waals surface area (Å²) in [6, 6.07) is 8.14. The van der Waals surface area contributed by atoms with Crippen molar-refractivity contribution in [3.8, 4) is 0 Å². The molecule has 0 bridgehead atoms. The smallest absolute Gasteiger partial charge is 0.475 e. The Hall–Kier alpha value is -2.87. The molecule has 2 heterocycles. The van der Waals surface area contributed by atoms with Gasteiger partial charge >= 0.3 is 12.1 Å². The number of alkyl halides is 3. The Morgan fingerprint density at radius 1 is 1.28 bits per heavy atom. The van der Waals surface area contributed by atoms with Crippen LogP contribution in [-0.2, 0) is 19.4 Å². The van der Waals surface area contributed by atoms with Gasteiger partial charge in [0.1, 0.15) is 22.1 Å². The fraction of sp³-hybridized carbons (Fsp3) is 0.480. The van der Waals surface area contributed by atoms with Gasteiger partial charge < -0.3 is 20.2 Å². The average molecular weight is 638 g/mol. The number of carboxylic acid groups (broad SMARTS) is 1. The third kappa shape index (κ3) is 9.09. The highest BCUT2D eigenvalue weighted by Crippen LogP contribution is 2.43.